The van der Waals surface area contributed by atoms with Gasteiger partial charge in [0.1, 0.15) is 5.82 Å². The van der Waals surface area contributed by atoms with Crippen molar-refractivity contribution in [2.24, 2.45) is 0 Å². The Morgan fingerprint density at radius 1 is 0.750 bits per heavy atom. The van der Waals surface area contributed by atoms with Crippen LogP contribution in [0.1, 0.15) is 5.56 Å². The van der Waals surface area contributed by atoms with Gasteiger partial charge in [-0.25, -0.2) is 9.97 Å². The number of aromatic nitrogens is 4. The van der Waals surface area contributed by atoms with Crippen LogP contribution in [0.5, 0.6) is 0 Å². The SMILES string of the molecule is c1cnc2c(CNc3nc(-c4ccncc4)nc4ccccc34)cccc2c1. The van der Waals surface area contributed by atoms with E-state index >= 15 is 0 Å². The lowest BCUT2D eigenvalue weighted by Gasteiger charge is -2.12. The van der Waals surface area contributed by atoms with E-state index in [1.165, 1.54) is 0 Å². The Kier molecular flexibility index (Phi) is 4.10. The highest BCUT2D eigenvalue weighted by atomic mass is 15.0. The van der Waals surface area contributed by atoms with Crippen molar-refractivity contribution in [3.63, 3.8) is 0 Å². The summed E-state index contributed by atoms with van der Waals surface area (Å²) in [6.07, 6.45) is 5.33. The van der Waals surface area contributed by atoms with Crippen LogP contribution < -0.4 is 5.32 Å². The van der Waals surface area contributed by atoms with Gasteiger partial charge >= 0.3 is 0 Å². The summed E-state index contributed by atoms with van der Waals surface area (Å²) in [5.41, 5.74) is 3.98. The summed E-state index contributed by atoms with van der Waals surface area (Å²) in [5.74, 6) is 1.49. The molecule has 0 saturated heterocycles. The van der Waals surface area contributed by atoms with E-state index < -0.39 is 0 Å². The van der Waals surface area contributed by atoms with Crippen molar-refractivity contribution in [2.45, 2.75) is 6.54 Å². The molecule has 0 aliphatic carbocycles. The summed E-state index contributed by atoms with van der Waals surface area (Å²) >= 11 is 0. The van der Waals surface area contributed by atoms with Gasteiger partial charge in [-0.1, -0.05) is 36.4 Å². The third kappa shape index (κ3) is 3.03. The van der Waals surface area contributed by atoms with Gasteiger partial charge in [0.05, 0.1) is 11.0 Å². The molecule has 3 aromatic heterocycles. The summed E-state index contributed by atoms with van der Waals surface area (Å²) in [4.78, 5) is 18.1. The zero-order valence-electron chi connectivity index (χ0n) is 15.1. The first kappa shape index (κ1) is 16.3. The standard InChI is InChI=1S/C23H17N5/c1-2-9-20-19(8-1)23(28-22(27-20)17-10-13-24-14-11-17)26-15-18-6-3-5-16-7-4-12-25-21(16)18/h1-14H,15H2,(H,26,27,28). The number of anilines is 1. The molecule has 28 heavy (non-hydrogen) atoms. The normalized spacial score (nSPS) is 11.0. The highest BCUT2D eigenvalue weighted by Crippen LogP contribution is 2.25. The Morgan fingerprint density at radius 2 is 1.61 bits per heavy atom. The monoisotopic (exact) mass is 363 g/mol. The second-order valence-corrected chi connectivity index (χ2v) is 6.49. The molecule has 2 aromatic carbocycles. The second-order valence-electron chi connectivity index (χ2n) is 6.49. The second kappa shape index (κ2) is 7.04. The van der Waals surface area contributed by atoms with E-state index in [1.807, 2.05) is 48.7 Å². The zero-order valence-corrected chi connectivity index (χ0v) is 15.1. The smallest absolute Gasteiger partial charge is 0.162 e. The number of para-hydroxylation sites is 2. The fourth-order valence-corrected chi connectivity index (χ4v) is 3.33. The summed E-state index contributed by atoms with van der Waals surface area (Å²) < 4.78 is 0. The highest BCUT2D eigenvalue weighted by molar-refractivity contribution is 5.91. The van der Waals surface area contributed by atoms with Crippen molar-refractivity contribution in [1.82, 2.24) is 19.9 Å². The number of nitrogens with one attached hydrogen (secondary N) is 1. The predicted octanol–water partition coefficient (Wildman–Crippen LogP) is 4.85. The Labute approximate surface area is 162 Å². The summed E-state index contributed by atoms with van der Waals surface area (Å²) in [5, 5.41) is 5.62. The molecule has 3 heterocycles. The van der Waals surface area contributed by atoms with Crippen molar-refractivity contribution in [3.8, 4) is 11.4 Å². The number of fused-ring (bicyclic) bond motifs is 2. The Balaban J connectivity index is 1.56. The van der Waals surface area contributed by atoms with E-state index in [0.29, 0.717) is 12.4 Å². The molecular weight excluding hydrogens is 346 g/mol. The van der Waals surface area contributed by atoms with Gasteiger partial charge in [0.2, 0.25) is 0 Å². The molecular formula is C23H17N5. The molecule has 0 radical (unpaired) electrons. The molecule has 0 unspecified atom stereocenters. The first-order valence-electron chi connectivity index (χ1n) is 9.12. The molecule has 0 saturated carbocycles. The number of pyridine rings is 2. The molecule has 0 aliphatic heterocycles. The third-order valence-electron chi connectivity index (χ3n) is 4.70. The minimum Gasteiger partial charge on any atom is -0.365 e. The van der Waals surface area contributed by atoms with Crippen molar-refractivity contribution in [1.29, 1.82) is 0 Å². The van der Waals surface area contributed by atoms with Crippen LogP contribution in [-0.2, 0) is 6.54 Å². The molecule has 0 spiro atoms. The number of rotatable bonds is 4. The van der Waals surface area contributed by atoms with Crippen molar-refractivity contribution < 1.29 is 0 Å². The maximum atomic E-state index is 4.80. The van der Waals surface area contributed by atoms with Crippen LogP contribution in [-0.4, -0.2) is 19.9 Å². The fraction of sp³-hybridized carbons (Fsp3) is 0.0435. The number of hydrogen-bond donors (Lipinski definition) is 1. The van der Waals surface area contributed by atoms with Gasteiger partial charge in [-0.2, -0.15) is 0 Å². The average molecular weight is 363 g/mol. The van der Waals surface area contributed by atoms with Gasteiger partial charge < -0.3 is 5.32 Å². The van der Waals surface area contributed by atoms with Crippen molar-refractivity contribution in [2.75, 3.05) is 5.32 Å². The zero-order chi connectivity index (χ0) is 18.8. The molecule has 0 fully saturated rings. The summed E-state index contributed by atoms with van der Waals surface area (Å²) in [6, 6.07) is 22.1. The molecule has 1 N–H and O–H groups in total. The Hall–Kier alpha value is -3.86. The number of benzene rings is 2. The van der Waals surface area contributed by atoms with E-state index in [9.17, 15) is 0 Å². The van der Waals surface area contributed by atoms with Crippen LogP contribution >= 0.6 is 0 Å². The largest absolute Gasteiger partial charge is 0.365 e. The van der Waals surface area contributed by atoms with Crippen LogP contribution in [0.3, 0.4) is 0 Å². The van der Waals surface area contributed by atoms with Gasteiger partial charge in [-0.05, 0) is 35.9 Å². The van der Waals surface area contributed by atoms with E-state index in [0.717, 1.165) is 38.8 Å². The lowest BCUT2D eigenvalue weighted by molar-refractivity contribution is 1.11. The number of hydrogen-bond acceptors (Lipinski definition) is 5. The molecule has 0 aliphatic rings. The van der Waals surface area contributed by atoms with Crippen LogP contribution in [0.2, 0.25) is 0 Å². The summed E-state index contributed by atoms with van der Waals surface area (Å²) in [6.45, 7) is 0.630. The maximum Gasteiger partial charge on any atom is 0.162 e. The van der Waals surface area contributed by atoms with Crippen molar-refractivity contribution in [3.05, 3.63) is 90.9 Å². The van der Waals surface area contributed by atoms with E-state index in [1.54, 1.807) is 12.4 Å². The molecule has 5 nitrogen and oxygen atoms in total. The topological polar surface area (TPSA) is 63.6 Å². The van der Waals surface area contributed by atoms with E-state index in [2.05, 4.69) is 39.6 Å². The van der Waals surface area contributed by atoms with Crippen LogP contribution in [0.25, 0.3) is 33.2 Å². The molecule has 5 rings (SSSR count). The van der Waals surface area contributed by atoms with Crippen LogP contribution in [0.15, 0.2) is 85.3 Å². The molecule has 0 atom stereocenters. The first-order chi connectivity index (χ1) is 13.9. The van der Waals surface area contributed by atoms with Gasteiger partial charge in [-0.3, -0.25) is 9.97 Å². The lowest BCUT2D eigenvalue weighted by atomic mass is 10.1. The molecule has 134 valence electrons. The Bertz CT molecular complexity index is 1260. The summed E-state index contributed by atoms with van der Waals surface area (Å²) in [7, 11) is 0. The van der Waals surface area contributed by atoms with Gasteiger partial charge in [0.25, 0.3) is 0 Å². The number of nitrogens with zero attached hydrogens (tertiary/aromatic N) is 4. The fourth-order valence-electron chi connectivity index (χ4n) is 3.33. The minimum absolute atomic E-state index is 0.630. The van der Waals surface area contributed by atoms with Gasteiger partial charge in [0, 0.05) is 41.5 Å². The van der Waals surface area contributed by atoms with Gasteiger partial charge in [0.15, 0.2) is 5.82 Å². The quantitative estimate of drug-likeness (QED) is 0.494. The molecule has 0 bridgehead atoms. The molecule has 5 aromatic rings. The van der Waals surface area contributed by atoms with Crippen molar-refractivity contribution >= 4 is 27.6 Å². The van der Waals surface area contributed by atoms with Gasteiger partial charge in [-0.15, -0.1) is 0 Å². The lowest BCUT2D eigenvalue weighted by Crippen LogP contribution is -2.05. The average Bonchev–Trinajstić information content (AvgIpc) is 2.78. The van der Waals surface area contributed by atoms with Crippen LogP contribution in [0, 0.1) is 0 Å². The van der Waals surface area contributed by atoms with E-state index in [4.69, 9.17) is 9.97 Å². The minimum atomic E-state index is 0.630. The van der Waals surface area contributed by atoms with Crippen LogP contribution in [0.4, 0.5) is 5.82 Å². The first-order valence-corrected chi connectivity index (χ1v) is 9.12. The highest BCUT2D eigenvalue weighted by Gasteiger charge is 2.10. The maximum absolute atomic E-state index is 4.80. The predicted molar refractivity (Wildman–Crippen MR) is 112 cm³/mol. The third-order valence-corrected chi connectivity index (χ3v) is 4.70. The van der Waals surface area contributed by atoms with E-state index in [-0.39, 0.29) is 0 Å². The molecule has 5 heteroatoms. The molecule has 0 amide bonds. The Morgan fingerprint density at radius 3 is 2.54 bits per heavy atom.